The lowest BCUT2D eigenvalue weighted by atomic mass is 9.94. The van der Waals surface area contributed by atoms with E-state index in [0.717, 1.165) is 31.6 Å². The molecule has 2 fully saturated rings. The minimum Gasteiger partial charge on any atom is -0.378 e. The van der Waals surface area contributed by atoms with Crippen molar-refractivity contribution in [2.24, 2.45) is 0 Å². The molecule has 1 atom stereocenters. The first-order chi connectivity index (χ1) is 14.2. The molecule has 29 heavy (non-hydrogen) atoms. The van der Waals surface area contributed by atoms with Crippen molar-refractivity contribution in [1.29, 1.82) is 5.26 Å². The lowest BCUT2D eigenvalue weighted by molar-refractivity contribution is 0.0299. The molecule has 1 amide bonds. The quantitative estimate of drug-likeness (QED) is 0.740. The molecule has 0 saturated carbocycles. The summed E-state index contributed by atoms with van der Waals surface area (Å²) in [6, 6.07) is 4.16. The number of carbonyl (C=O) groups is 1. The van der Waals surface area contributed by atoms with E-state index in [-0.39, 0.29) is 11.8 Å². The first kappa shape index (κ1) is 19.7. The van der Waals surface area contributed by atoms with Gasteiger partial charge in [0.25, 0.3) is 5.91 Å². The third kappa shape index (κ3) is 4.87. The molecule has 1 unspecified atom stereocenters. The van der Waals surface area contributed by atoms with Crippen molar-refractivity contribution in [2.45, 2.75) is 18.8 Å². The molecular formula is C19H23N7O2S. The summed E-state index contributed by atoms with van der Waals surface area (Å²) in [5.41, 5.74) is 1.39. The number of aromatic nitrogens is 3. The number of ether oxygens (including phenoxy) is 1. The molecule has 0 spiro atoms. The van der Waals surface area contributed by atoms with Crippen LogP contribution in [-0.2, 0) is 4.74 Å². The highest BCUT2D eigenvalue weighted by Gasteiger charge is 2.23. The van der Waals surface area contributed by atoms with E-state index < -0.39 is 0 Å². The molecule has 4 heterocycles. The molecule has 0 bridgehead atoms. The van der Waals surface area contributed by atoms with Gasteiger partial charge in [0.15, 0.2) is 5.13 Å². The molecule has 2 aromatic rings. The number of likely N-dealkylation sites (tertiary alicyclic amines) is 1. The largest absolute Gasteiger partial charge is 0.378 e. The van der Waals surface area contributed by atoms with E-state index in [1.807, 2.05) is 6.07 Å². The summed E-state index contributed by atoms with van der Waals surface area (Å²) in [4.78, 5) is 29.8. The predicted molar refractivity (Wildman–Crippen MR) is 108 cm³/mol. The summed E-state index contributed by atoms with van der Waals surface area (Å²) < 4.78 is 5.29. The van der Waals surface area contributed by atoms with Crippen molar-refractivity contribution < 1.29 is 9.53 Å². The van der Waals surface area contributed by atoms with Crippen molar-refractivity contribution in [3.8, 4) is 6.07 Å². The molecule has 0 aliphatic carbocycles. The number of nitriles is 1. The number of hydrogen-bond donors (Lipinski definition) is 1. The molecule has 2 aliphatic heterocycles. The Bertz CT molecular complexity index is 891. The molecule has 0 radical (unpaired) electrons. The number of thiazole rings is 1. The maximum absolute atomic E-state index is 12.5. The van der Waals surface area contributed by atoms with E-state index in [9.17, 15) is 4.79 Å². The number of hydrogen-bond acceptors (Lipinski definition) is 9. The number of rotatable bonds is 5. The predicted octanol–water partition coefficient (Wildman–Crippen LogP) is 1.85. The van der Waals surface area contributed by atoms with Crippen LogP contribution < -0.4 is 5.32 Å². The minimum atomic E-state index is -0.0768. The van der Waals surface area contributed by atoms with Crippen molar-refractivity contribution in [2.75, 3.05) is 51.3 Å². The number of morpholine rings is 1. The second-order valence-corrected chi connectivity index (χ2v) is 7.96. The Morgan fingerprint density at radius 1 is 1.34 bits per heavy atom. The Kier molecular flexibility index (Phi) is 6.29. The zero-order chi connectivity index (χ0) is 20.1. The standard InChI is InChI=1S/C19H23N7O2S/c20-4-7-25-6-1-2-14(12-25)15-3-5-21-18(22-15)24-19-23-16(13-29-19)17(27)26-8-10-28-11-9-26/h3,5,13-14H,1-2,6-12H2,(H,21,22,23,24). The molecule has 4 rings (SSSR count). The molecule has 2 saturated heterocycles. The summed E-state index contributed by atoms with van der Waals surface area (Å²) in [6.07, 6.45) is 3.84. The molecule has 9 nitrogen and oxygen atoms in total. The third-order valence-corrected chi connectivity index (χ3v) is 5.89. The molecule has 10 heteroatoms. The van der Waals surface area contributed by atoms with E-state index in [1.54, 1.807) is 16.5 Å². The molecule has 2 aromatic heterocycles. The van der Waals surface area contributed by atoms with Gasteiger partial charge in [-0.05, 0) is 25.5 Å². The second kappa shape index (κ2) is 9.26. The van der Waals surface area contributed by atoms with Gasteiger partial charge >= 0.3 is 0 Å². The van der Waals surface area contributed by atoms with Crippen LogP contribution in [0.3, 0.4) is 0 Å². The minimum absolute atomic E-state index is 0.0768. The number of nitrogens with zero attached hydrogens (tertiary/aromatic N) is 6. The lowest BCUT2D eigenvalue weighted by Gasteiger charge is -2.30. The zero-order valence-corrected chi connectivity index (χ0v) is 16.9. The maximum Gasteiger partial charge on any atom is 0.273 e. The van der Waals surface area contributed by atoms with Gasteiger partial charge in [-0.25, -0.2) is 15.0 Å². The normalized spacial score (nSPS) is 20.2. The van der Waals surface area contributed by atoms with Crippen molar-refractivity contribution in [1.82, 2.24) is 24.8 Å². The second-order valence-electron chi connectivity index (χ2n) is 7.10. The van der Waals surface area contributed by atoms with Gasteiger partial charge in [-0.15, -0.1) is 11.3 Å². The highest BCUT2D eigenvalue weighted by molar-refractivity contribution is 7.14. The Hall–Kier alpha value is -2.61. The van der Waals surface area contributed by atoms with Crippen molar-refractivity contribution in [3.63, 3.8) is 0 Å². The summed E-state index contributed by atoms with van der Waals surface area (Å²) >= 11 is 1.36. The van der Waals surface area contributed by atoms with E-state index in [1.165, 1.54) is 11.3 Å². The van der Waals surface area contributed by atoms with Crippen LogP contribution in [0.4, 0.5) is 11.1 Å². The topological polar surface area (TPSA) is 107 Å². The summed E-state index contributed by atoms with van der Waals surface area (Å²) in [7, 11) is 0. The van der Waals surface area contributed by atoms with Gasteiger partial charge in [0.05, 0.1) is 31.5 Å². The van der Waals surface area contributed by atoms with E-state index in [4.69, 9.17) is 10.00 Å². The summed E-state index contributed by atoms with van der Waals surface area (Å²) in [5.74, 6) is 0.682. The Labute approximate surface area is 173 Å². The van der Waals surface area contributed by atoms with Crippen LogP contribution in [0, 0.1) is 11.3 Å². The molecular weight excluding hydrogens is 390 g/mol. The first-order valence-electron chi connectivity index (χ1n) is 9.75. The average Bonchev–Trinajstić information content (AvgIpc) is 3.23. The fourth-order valence-corrected chi connectivity index (χ4v) is 4.33. The van der Waals surface area contributed by atoms with Crippen molar-refractivity contribution >= 4 is 28.3 Å². The number of nitrogens with one attached hydrogen (secondary N) is 1. The van der Waals surface area contributed by atoms with Crippen LogP contribution in [0.15, 0.2) is 17.6 Å². The number of amides is 1. The van der Waals surface area contributed by atoms with Crippen LogP contribution in [-0.4, -0.2) is 76.6 Å². The van der Waals surface area contributed by atoms with Gasteiger partial charge in [0.2, 0.25) is 5.95 Å². The first-order valence-corrected chi connectivity index (χ1v) is 10.6. The fourth-order valence-electron chi connectivity index (χ4n) is 3.65. The summed E-state index contributed by atoms with van der Waals surface area (Å²) in [5, 5.41) is 14.4. The van der Waals surface area contributed by atoms with Crippen LogP contribution >= 0.6 is 11.3 Å². The Morgan fingerprint density at radius 2 is 2.21 bits per heavy atom. The third-order valence-electron chi connectivity index (χ3n) is 5.14. The average molecular weight is 414 g/mol. The smallest absolute Gasteiger partial charge is 0.273 e. The summed E-state index contributed by atoms with van der Waals surface area (Å²) in [6.45, 7) is 4.55. The molecule has 0 aromatic carbocycles. The number of carbonyl (C=O) groups excluding carboxylic acids is 1. The zero-order valence-electron chi connectivity index (χ0n) is 16.1. The highest BCUT2D eigenvalue weighted by Crippen LogP contribution is 2.26. The number of piperidine rings is 1. The van der Waals surface area contributed by atoms with Crippen LogP contribution in [0.2, 0.25) is 0 Å². The van der Waals surface area contributed by atoms with Crippen LogP contribution in [0.25, 0.3) is 0 Å². The maximum atomic E-state index is 12.5. The van der Waals surface area contributed by atoms with Gasteiger partial charge in [0.1, 0.15) is 5.69 Å². The molecule has 152 valence electrons. The Balaban J connectivity index is 1.41. The van der Waals surface area contributed by atoms with E-state index in [0.29, 0.717) is 49.6 Å². The Morgan fingerprint density at radius 3 is 3.03 bits per heavy atom. The van der Waals surface area contributed by atoms with Gasteiger partial charge in [-0.1, -0.05) is 0 Å². The molecule has 2 aliphatic rings. The highest BCUT2D eigenvalue weighted by atomic mass is 32.1. The van der Waals surface area contributed by atoms with Crippen LogP contribution in [0.1, 0.15) is 34.9 Å². The van der Waals surface area contributed by atoms with Gasteiger partial charge in [-0.3, -0.25) is 9.69 Å². The van der Waals surface area contributed by atoms with Crippen molar-refractivity contribution in [3.05, 3.63) is 29.0 Å². The SMILES string of the molecule is N#CCN1CCCC(c2ccnc(Nc3nc(C(=O)N4CCOCC4)cs3)n2)C1. The van der Waals surface area contributed by atoms with E-state index >= 15 is 0 Å². The molecule has 1 N–H and O–H groups in total. The number of anilines is 2. The van der Waals surface area contributed by atoms with E-state index in [2.05, 4.69) is 31.2 Å². The fraction of sp³-hybridized carbons (Fsp3) is 0.526. The monoisotopic (exact) mass is 413 g/mol. The van der Waals surface area contributed by atoms with Gasteiger partial charge in [-0.2, -0.15) is 5.26 Å². The van der Waals surface area contributed by atoms with Crippen LogP contribution in [0.5, 0.6) is 0 Å². The van der Waals surface area contributed by atoms with Gasteiger partial charge in [0, 0.05) is 37.1 Å². The lowest BCUT2D eigenvalue weighted by Crippen LogP contribution is -2.40. The van der Waals surface area contributed by atoms with Gasteiger partial charge < -0.3 is 15.0 Å².